The highest BCUT2D eigenvalue weighted by molar-refractivity contribution is 7.90. The third-order valence-corrected chi connectivity index (χ3v) is 5.09. The first-order chi connectivity index (χ1) is 11.2. The fourth-order valence-electron chi connectivity index (χ4n) is 2.68. The highest BCUT2D eigenvalue weighted by Gasteiger charge is 2.35. The molecule has 0 aliphatic carbocycles. The molecule has 1 aromatic rings. The number of hydrogen-bond acceptors (Lipinski definition) is 4. The van der Waals surface area contributed by atoms with Crippen LogP contribution < -0.4 is 10.2 Å². The topological polar surface area (TPSA) is 83.6 Å². The van der Waals surface area contributed by atoms with Crippen LogP contribution in [0.2, 0.25) is 0 Å². The predicted octanol–water partition coefficient (Wildman–Crippen LogP) is 1.32. The van der Waals surface area contributed by atoms with E-state index < -0.39 is 15.8 Å². The van der Waals surface area contributed by atoms with E-state index in [4.69, 9.17) is 0 Å². The molecule has 24 heavy (non-hydrogen) atoms. The second-order valence-corrected chi connectivity index (χ2v) is 8.83. The molecule has 0 saturated carbocycles. The molecule has 2 rings (SSSR count). The number of anilines is 1. The number of hydrogen-bond donors (Lipinski definition) is 1. The molecule has 0 aromatic heterocycles. The fraction of sp³-hybridized carbons (Fsp3) is 0.529. The van der Waals surface area contributed by atoms with Gasteiger partial charge in [0.2, 0.25) is 11.8 Å². The molecule has 1 fully saturated rings. The summed E-state index contributed by atoms with van der Waals surface area (Å²) in [5.74, 6) is -0.479. The smallest absolute Gasteiger partial charge is 0.227 e. The molecule has 132 valence electrons. The minimum absolute atomic E-state index is 0.0748. The molecule has 7 heteroatoms. The molecular weight excluding hydrogens is 328 g/mol. The SMILES string of the molecule is CC(C)c1ccc(N2C[C@H](C(=O)NCCS(C)(=O)=O)CC2=O)cc1. The molecule has 1 saturated heterocycles. The molecule has 1 aromatic carbocycles. The van der Waals surface area contributed by atoms with Gasteiger partial charge in [-0.15, -0.1) is 0 Å². The van der Waals surface area contributed by atoms with E-state index in [1.165, 1.54) is 5.56 Å². The maximum Gasteiger partial charge on any atom is 0.227 e. The predicted molar refractivity (Wildman–Crippen MR) is 93.7 cm³/mol. The van der Waals surface area contributed by atoms with E-state index in [-0.39, 0.29) is 30.5 Å². The standard InChI is InChI=1S/C17H24N2O4S/c1-12(2)13-4-6-15(7-5-13)19-11-14(10-16(19)20)17(21)18-8-9-24(3,22)23/h4-7,12,14H,8-11H2,1-3H3,(H,18,21)/t14-/m1/s1. The third-order valence-electron chi connectivity index (χ3n) is 4.14. The van der Waals surface area contributed by atoms with Crippen molar-refractivity contribution in [3.63, 3.8) is 0 Å². The Balaban J connectivity index is 1.96. The van der Waals surface area contributed by atoms with Crippen molar-refractivity contribution in [2.24, 2.45) is 5.92 Å². The van der Waals surface area contributed by atoms with Gasteiger partial charge in [0.05, 0.1) is 11.7 Å². The van der Waals surface area contributed by atoms with E-state index >= 15 is 0 Å². The lowest BCUT2D eigenvalue weighted by Gasteiger charge is -2.17. The summed E-state index contributed by atoms with van der Waals surface area (Å²) in [7, 11) is -3.11. The van der Waals surface area contributed by atoms with E-state index in [0.29, 0.717) is 12.5 Å². The molecule has 6 nitrogen and oxygen atoms in total. The van der Waals surface area contributed by atoms with E-state index in [1.54, 1.807) is 4.90 Å². The van der Waals surface area contributed by atoms with Crippen LogP contribution in [-0.4, -0.2) is 45.3 Å². The number of carbonyl (C=O) groups excluding carboxylic acids is 2. The van der Waals surface area contributed by atoms with Crippen LogP contribution in [0.15, 0.2) is 24.3 Å². The summed E-state index contributed by atoms with van der Waals surface area (Å²) in [4.78, 5) is 25.9. The van der Waals surface area contributed by atoms with E-state index in [2.05, 4.69) is 19.2 Å². The maximum absolute atomic E-state index is 12.2. The Kier molecular flexibility index (Phi) is 5.64. The first-order valence-corrected chi connectivity index (χ1v) is 10.1. The quantitative estimate of drug-likeness (QED) is 0.837. The lowest BCUT2D eigenvalue weighted by molar-refractivity contribution is -0.126. The number of benzene rings is 1. The summed E-state index contributed by atoms with van der Waals surface area (Å²) >= 11 is 0. The Bertz CT molecular complexity index is 711. The van der Waals surface area contributed by atoms with Crippen molar-refractivity contribution >= 4 is 27.3 Å². The number of sulfone groups is 1. The Morgan fingerprint density at radius 3 is 2.46 bits per heavy atom. The number of rotatable bonds is 6. The Labute approximate surface area is 143 Å². The van der Waals surface area contributed by atoms with Crippen LogP contribution in [0.25, 0.3) is 0 Å². The van der Waals surface area contributed by atoms with Crippen molar-refractivity contribution in [2.75, 3.05) is 30.0 Å². The molecule has 0 bridgehead atoms. The van der Waals surface area contributed by atoms with Gasteiger partial charge in [-0.1, -0.05) is 26.0 Å². The zero-order valence-corrected chi connectivity index (χ0v) is 15.1. The second-order valence-electron chi connectivity index (χ2n) is 6.57. The summed E-state index contributed by atoms with van der Waals surface area (Å²) in [5, 5.41) is 2.60. The number of nitrogens with one attached hydrogen (secondary N) is 1. The molecule has 1 heterocycles. The second kappa shape index (κ2) is 7.34. The van der Waals surface area contributed by atoms with E-state index in [0.717, 1.165) is 11.9 Å². The summed E-state index contributed by atoms with van der Waals surface area (Å²) < 4.78 is 22.2. The molecule has 0 spiro atoms. The van der Waals surface area contributed by atoms with Crippen LogP contribution in [-0.2, 0) is 19.4 Å². The molecule has 0 unspecified atom stereocenters. The average Bonchev–Trinajstić information content (AvgIpc) is 2.88. The Morgan fingerprint density at radius 2 is 1.92 bits per heavy atom. The number of nitrogens with zero attached hydrogens (tertiary/aromatic N) is 1. The van der Waals surface area contributed by atoms with Crippen LogP contribution in [0.4, 0.5) is 5.69 Å². The average molecular weight is 352 g/mol. The minimum atomic E-state index is -3.11. The summed E-state index contributed by atoms with van der Waals surface area (Å²) in [6.07, 6.45) is 1.28. The molecule has 1 aliphatic heterocycles. The molecule has 1 aliphatic rings. The highest BCUT2D eigenvalue weighted by atomic mass is 32.2. The van der Waals surface area contributed by atoms with Gasteiger partial charge in [0.25, 0.3) is 0 Å². The van der Waals surface area contributed by atoms with Crippen molar-refractivity contribution in [3.8, 4) is 0 Å². The van der Waals surface area contributed by atoms with E-state index in [1.807, 2.05) is 24.3 Å². The molecule has 1 N–H and O–H groups in total. The van der Waals surface area contributed by atoms with Crippen molar-refractivity contribution in [1.29, 1.82) is 0 Å². The van der Waals surface area contributed by atoms with Crippen molar-refractivity contribution in [1.82, 2.24) is 5.32 Å². The monoisotopic (exact) mass is 352 g/mol. The van der Waals surface area contributed by atoms with Crippen LogP contribution in [0, 0.1) is 5.92 Å². The largest absolute Gasteiger partial charge is 0.355 e. The maximum atomic E-state index is 12.2. The molecule has 1 atom stereocenters. The van der Waals surface area contributed by atoms with Crippen LogP contribution >= 0.6 is 0 Å². The van der Waals surface area contributed by atoms with Gasteiger partial charge >= 0.3 is 0 Å². The number of amides is 2. The van der Waals surface area contributed by atoms with Gasteiger partial charge in [0.1, 0.15) is 9.84 Å². The van der Waals surface area contributed by atoms with Crippen LogP contribution in [0.5, 0.6) is 0 Å². The van der Waals surface area contributed by atoms with Crippen molar-refractivity contribution < 1.29 is 18.0 Å². The van der Waals surface area contributed by atoms with Crippen LogP contribution in [0.1, 0.15) is 31.7 Å². The normalized spacial score (nSPS) is 18.2. The van der Waals surface area contributed by atoms with Gasteiger partial charge in [-0.3, -0.25) is 9.59 Å². The number of carbonyl (C=O) groups is 2. The zero-order valence-electron chi connectivity index (χ0n) is 14.3. The molecule has 2 amide bonds. The van der Waals surface area contributed by atoms with Gasteiger partial charge in [0, 0.05) is 31.5 Å². The van der Waals surface area contributed by atoms with Gasteiger partial charge in [-0.2, -0.15) is 0 Å². The highest BCUT2D eigenvalue weighted by Crippen LogP contribution is 2.26. The van der Waals surface area contributed by atoms with Gasteiger partial charge in [0.15, 0.2) is 0 Å². The van der Waals surface area contributed by atoms with Gasteiger partial charge in [-0.05, 0) is 23.6 Å². The van der Waals surface area contributed by atoms with Gasteiger partial charge < -0.3 is 10.2 Å². The Morgan fingerprint density at radius 1 is 1.29 bits per heavy atom. The lowest BCUT2D eigenvalue weighted by atomic mass is 10.0. The van der Waals surface area contributed by atoms with E-state index in [9.17, 15) is 18.0 Å². The minimum Gasteiger partial charge on any atom is -0.355 e. The Hall–Kier alpha value is -1.89. The van der Waals surface area contributed by atoms with Crippen molar-refractivity contribution in [3.05, 3.63) is 29.8 Å². The summed E-state index contributed by atoms with van der Waals surface area (Å²) in [6.45, 7) is 4.61. The lowest BCUT2D eigenvalue weighted by Crippen LogP contribution is -2.35. The first kappa shape index (κ1) is 18.4. The van der Waals surface area contributed by atoms with Crippen molar-refractivity contribution in [2.45, 2.75) is 26.2 Å². The fourth-order valence-corrected chi connectivity index (χ4v) is 3.15. The van der Waals surface area contributed by atoms with Crippen LogP contribution in [0.3, 0.4) is 0 Å². The molecular formula is C17H24N2O4S. The third kappa shape index (κ3) is 4.80. The zero-order chi connectivity index (χ0) is 17.9. The summed E-state index contributed by atoms with van der Waals surface area (Å²) in [6, 6.07) is 7.79. The van der Waals surface area contributed by atoms with Gasteiger partial charge in [-0.25, -0.2) is 8.42 Å². The molecule has 0 radical (unpaired) electrons. The first-order valence-electron chi connectivity index (χ1n) is 8.03. The summed E-state index contributed by atoms with van der Waals surface area (Å²) in [5.41, 5.74) is 1.98.